The van der Waals surface area contributed by atoms with Crippen LogP contribution in [0.3, 0.4) is 0 Å². The Bertz CT molecular complexity index is 1150. The van der Waals surface area contributed by atoms with E-state index in [2.05, 4.69) is 25.7 Å². The molecule has 32 heavy (non-hydrogen) atoms. The van der Waals surface area contributed by atoms with E-state index in [-0.39, 0.29) is 11.5 Å². The molecule has 0 radical (unpaired) electrons. The number of hydrogen-bond acceptors (Lipinski definition) is 6. The van der Waals surface area contributed by atoms with Crippen molar-refractivity contribution in [3.63, 3.8) is 0 Å². The molecule has 2 saturated heterocycles. The molecule has 0 unspecified atom stereocenters. The highest BCUT2D eigenvalue weighted by Crippen LogP contribution is 2.34. The SMILES string of the molecule is CCCCN1C(=O)/C(=C/c2c(N3C[C@H](C)C[C@@H](C)C3)nc3ccc(C)cn3c2=O)SC1=S. The molecule has 0 aromatic carbocycles. The van der Waals surface area contributed by atoms with E-state index in [1.165, 1.54) is 11.8 Å². The Morgan fingerprint density at radius 1 is 1.22 bits per heavy atom. The maximum Gasteiger partial charge on any atom is 0.267 e. The van der Waals surface area contributed by atoms with Gasteiger partial charge in [0.2, 0.25) is 0 Å². The van der Waals surface area contributed by atoms with E-state index >= 15 is 0 Å². The van der Waals surface area contributed by atoms with Crippen molar-refractivity contribution in [2.24, 2.45) is 11.8 Å². The second kappa shape index (κ2) is 9.35. The molecule has 0 N–H and O–H groups in total. The fraction of sp³-hybridized carbons (Fsp3) is 0.500. The summed E-state index contributed by atoms with van der Waals surface area (Å²) in [5, 5.41) is 0. The molecule has 0 saturated carbocycles. The second-order valence-corrected chi connectivity index (χ2v) is 10.8. The molecular formula is C24H30N4O2S2. The number of piperidine rings is 1. The summed E-state index contributed by atoms with van der Waals surface area (Å²) in [6, 6.07) is 3.84. The van der Waals surface area contributed by atoms with Gasteiger partial charge in [0.25, 0.3) is 11.5 Å². The smallest absolute Gasteiger partial charge is 0.267 e. The van der Waals surface area contributed by atoms with E-state index in [4.69, 9.17) is 17.2 Å². The zero-order valence-electron chi connectivity index (χ0n) is 19.1. The number of carbonyl (C=O) groups is 1. The third kappa shape index (κ3) is 4.48. The van der Waals surface area contributed by atoms with Gasteiger partial charge in [0, 0.05) is 25.8 Å². The quantitative estimate of drug-likeness (QED) is 0.474. The van der Waals surface area contributed by atoms with Crippen molar-refractivity contribution in [3.8, 4) is 0 Å². The van der Waals surface area contributed by atoms with Crippen LogP contribution in [-0.2, 0) is 4.79 Å². The van der Waals surface area contributed by atoms with Crippen molar-refractivity contribution in [2.75, 3.05) is 24.5 Å². The minimum absolute atomic E-state index is 0.117. The predicted molar refractivity (Wildman–Crippen MR) is 136 cm³/mol. The fourth-order valence-electron chi connectivity index (χ4n) is 4.59. The van der Waals surface area contributed by atoms with Gasteiger partial charge in [-0.15, -0.1) is 0 Å². The summed E-state index contributed by atoms with van der Waals surface area (Å²) >= 11 is 6.73. The van der Waals surface area contributed by atoms with Gasteiger partial charge in [0.1, 0.15) is 15.8 Å². The first-order valence-electron chi connectivity index (χ1n) is 11.3. The summed E-state index contributed by atoms with van der Waals surface area (Å²) in [6.07, 6.45) is 6.57. The van der Waals surface area contributed by atoms with Crippen molar-refractivity contribution in [3.05, 3.63) is 44.7 Å². The summed E-state index contributed by atoms with van der Waals surface area (Å²) in [5.74, 6) is 1.57. The fourth-order valence-corrected chi connectivity index (χ4v) is 5.88. The van der Waals surface area contributed by atoms with Gasteiger partial charge in [-0.2, -0.15) is 0 Å². The maximum absolute atomic E-state index is 13.6. The van der Waals surface area contributed by atoms with E-state index in [9.17, 15) is 9.59 Å². The van der Waals surface area contributed by atoms with Gasteiger partial charge in [-0.1, -0.05) is 57.2 Å². The number of thiocarbonyl (C=S) groups is 1. The third-order valence-corrected chi connectivity index (χ3v) is 7.42. The van der Waals surface area contributed by atoms with E-state index in [0.717, 1.165) is 37.9 Å². The summed E-state index contributed by atoms with van der Waals surface area (Å²) in [5.41, 5.74) is 1.91. The summed E-state index contributed by atoms with van der Waals surface area (Å²) in [6.45, 7) is 10.8. The first-order valence-corrected chi connectivity index (χ1v) is 12.5. The number of anilines is 1. The number of rotatable bonds is 5. The Hall–Kier alpha value is -2.19. The highest BCUT2D eigenvalue weighted by atomic mass is 32.2. The Morgan fingerprint density at radius 3 is 2.62 bits per heavy atom. The van der Waals surface area contributed by atoms with E-state index in [1.807, 2.05) is 19.1 Å². The molecule has 4 rings (SSSR count). The van der Waals surface area contributed by atoms with Crippen LogP contribution >= 0.6 is 24.0 Å². The van der Waals surface area contributed by atoms with Crippen molar-refractivity contribution < 1.29 is 4.79 Å². The number of thioether (sulfide) groups is 1. The van der Waals surface area contributed by atoms with Crippen LogP contribution in [0.2, 0.25) is 0 Å². The standard InChI is InChI=1S/C24H30N4O2S2/c1-5-6-9-27-23(30)19(32-24(27)31)11-18-21(26-12-16(3)10-17(4)13-26)25-20-8-7-15(2)14-28(20)22(18)29/h7-8,11,14,16-17H,5-6,9-10,12-13H2,1-4H3/b19-11-/t16-,17-/m1/s1. The predicted octanol–water partition coefficient (Wildman–Crippen LogP) is 4.49. The van der Waals surface area contributed by atoms with Crippen LogP contribution in [-0.4, -0.2) is 44.1 Å². The van der Waals surface area contributed by atoms with Gasteiger partial charge in [-0.05, 0) is 49.3 Å². The summed E-state index contributed by atoms with van der Waals surface area (Å²) in [7, 11) is 0. The third-order valence-electron chi connectivity index (χ3n) is 6.04. The van der Waals surface area contributed by atoms with Crippen LogP contribution in [0.25, 0.3) is 11.7 Å². The zero-order chi connectivity index (χ0) is 23.0. The van der Waals surface area contributed by atoms with Gasteiger partial charge in [0.15, 0.2) is 0 Å². The molecule has 2 aliphatic heterocycles. The number of fused-ring (bicyclic) bond motifs is 1. The average Bonchev–Trinajstić information content (AvgIpc) is 3.00. The first kappa shape index (κ1) is 23.0. The summed E-state index contributed by atoms with van der Waals surface area (Å²) in [4.78, 5) is 35.9. The lowest BCUT2D eigenvalue weighted by Crippen LogP contribution is -2.40. The molecule has 2 aliphatic rings. The molecule has 2 aromatic heterocycles. The van der Waals surface area contributed by atoms with Crippen molar-refractivity contribution in [1.29, 1.82) is 0 Å². The first-order chi connectivity index (χ1) is 15.3. The minimum Gasteiger partial charge on any atom is -0.355 e. The Balaban J connectivity index is 1.84. The van der Waals surface area contributed by atoms with Crippen LogP contribution in [0, 0.1) is 18.8 Å². The molecule has 170 valence electrons. The molecule has 2 fully saturated rings. The molecule has 0 bridgehead atoms. The normalized spacial score (nSPS) is 23.1. The van der Waals surface area contributed by atoms with Gasteiger partial charge in [0.05, 0.1) is 10.5 Å². The monoisotopic (exact) mass is 470 g/mol. The molecule has 0 aliphatic carbocycles. The summed E-state index contributed by atoms with van der Waals surface area (Å²) < 4.78 is 2.14. The number of aryl methyl sites for hydroxylation is 1. The molecule has 1 amide bonds. The second-order valence-electron chi connectivity index (χ2n) is 9.13. The lowest BCUT2D eigenvalue weighted by molar-refractivity contribution is -0.122. The molecular weight excluding hydrogens is 440 g/mol. The minimum atomic E-state index is -0.154. The van der Waals surface area contributed by atoms with Crippen molar-refractivity contribution >= 4 is 51.7 Å². The van der Waals surface area contributed by atoms with Crippen molar-refractivity contribution in [1.82, 2.24) is 14.3 Å². The van der Waals surface area contributed by atoms with Gasteiger partial charge in [-0.3, -0.25) is 18.9 Å². The molecule has 6 nitrogen and oxygen atoms in total. The topological polar surface area (TPSA) is 57.9 Å². The highest BCUT2D eigenvalue weighted by Gasteiger charge is 2.33. The van der Waals surface area contributed by atoms with E-state index < -0.39 is 0 Å². The van der Waals surface area contributed by atoms with Gasteiger partial charge in [-0.25, -0.2) is 4.98 Å². The maximum atomic E-state index is 13.6. The van der Waals surface area contributed by atoms with Crippen LogP contribution < -0.4 is 10.5 Å². The number of carbonyl (C=O) groups excluding carboxylic acids is 1. The number of pyridine rings is 1. The average molecular weight is 471 g/mol. The Labute approximate surface area is 198 Å². The number of aromatic nitrogens is 2. The molecule has 2 atom stereocenters. The van der Waals surface area contributed by atoms with Crippen LogP contribution in [0.1, 0.15) is 51.2 Å². The Kier molecular flexibility index (Phi) is 6.72. The van der Waals surface area contributed by atoms with Crippen LogP contribution in [0.4, 0.5) is 5.82 Å². The largest absolute Gasteiger partial charge is 0.355 e. The van der Waals surface area contributed by atoms with Gasteiger partial charge >= 0.3 is 0 Å². The number of amides is 1. The van der Waals surface area contributed by atoms with E-state index in [0.29, 0.717) is 44.6 Å². The number of nitrogens with zero attached hydrogens (tertiary/aromatic N) is 4. The highest BCUT2D eigenvalue weighted by molar-refractivity contribution is 8.26. The molecule has 8 heteroatoms. The molecule has 0 spiro atoms. The molecule has 2 aromatic rings. The Morgan fingerprint density at radius 2 is 1.94 bits per heavy atom. The van der Waals surface area contributed by atoms with E-state index in [1.54, 1.807) is 21.6 Å². The zero-order valence-corrected chi connectivity index (χ0v) is 20.8. The van der Waals surface area contributed by atoms with Crippen LogP contribution in [0.5, 0.6) is 0 Å². The van der Waals surface area contributed by atoms with Gasteiger partial charge < -0.3 is 4.90 Å². The lowest BCUT2D eigenvalue weighted by atomic mass is 9.91. The van der Waals surface area contributed by atoms with Crippen LogP contribution in [0.15, 0.2) is 28.0 Å². The van der Waals surface area contributed by atoms with Crippen molar-refractivity contribution in [2.45, 2.75) is 47.0 Å². The number of hydrogen-bond donors (Lipinski definition) is 0. The molecule has 4 heterocycles. The number of unbranched alkanes of at least 4 members (excludes halogenated alkanes) is 1. The lowest BCUT2D eigenvalue weighted by Gasteiger charge is -2.36.